The molecule has 0 unspecified atom stereocenters. The van der Waals surface area contributed by atoms with E-state index < -0.39 is 0 Å². The number of hydrogen-bond donors (Lipinski definition) is 1. The number of likely N-dealkylation sites (tertiary alicyclic amines) is 1. The lowest BCUT2D eigenvalue weighted by atomic mass is 9.85. The molecule has 1 aromatic carbocycles. The second-order valence-corrected chi connectivity index (χ2v) is 5.86. The van der Waals surface area contributed by atoms with Crippen molar-refractivity contribution in [1.29, 1.82) is 0 Å². The number of nitrogens with one attached hydrogen (secondary N) is 1. The number of amides is 2. The van der Waals surface area contributed by atoms with Crippen molar-refractivity contribution in [3.8, 4) is 0 Å². The van der Waals surface area contributed by atoms with Crippen LogP contribution in [-0.4, -0.2) is 23.4 Å². The molecule has 2 aliphatic rings. The molecule has 0 aromatic heterocycles. The van der Waals surface area contributed by atoms with E-state index in [1.807, 2.05) is 44.2 Å². The fourth-order valence-corrected chi connectivity index (χ4v) is 3.28. The largest absolute Gasteiger partial charge is 0.367 e. The highest BCUT2D eigenvalue weighted by Gasteiger charge is 2.46. The molecule has 1 aliphatic carbocycles. The van der Waals surface area contributed by atoms with E-state index in [2.05, 4.69) is 5.32 Å². The van der Waals surface area contributed by atoms with Gasteiger partial charge in [0.2, 0.25) is 11.8 Å². The minimum absolute atomic E-state index is 0.0342. The van der Waals surface area contributed by atoms with Crippen molar-refractivity contribution in [3.05, 3.63) is 41.5 Å². The third-order valence-electron chi connectivity index (χ3n) is 4.49. The van der Waals surface area contributed by atoms with Crippen molar-refractivity contribution in [2.24, 2.45) is 11.8 Å². The lowest BCUT2D eigenvalue weighted by molar-refractivity contribution is -0.139. The predicted molar refractivity (Wildman–Crippen MR) is 81.6 cm³/mol. The van der Waals surface area contributed by atoms with Crippen molar-refractivity contribution >= 4 is 17.5 Å². The standard InChI is InChI=1S/C17H20N2O2/c1-11-6-5-7-12(2)15(11)18-10-19-16(20)13-8-3-4-9-14(13)17(19)21/h3-7,13-14,18H,8-10H2,1-2H3/t13-,14+. The van der Waals surface area contributed by atoms with Gasteiger partial charge in [-0.2, -0.15) is 0 Å². The Labute approximate surface area is 124 Å². The molecule has 21 heavy (non-hydrogen) atoms. The first-order valence-electron chi connectivity index (χ1n) is 7.40. The molecule has 4 heteroatoms. The van der Waals surface area contributed by atoms with Crippen LogP contribution in [0.25, 0.3) is 0 Å². The van der Waals surface area contributed by atoms with Gasteiger partial charge >= 0.3 is 0 Å². The van der Waals surface area contributed by atoms with Crippen LogP contribution in [0.3, 0.4) is 0 Å². The summed E-state index contributed by atoms with van der Waals surface area (Å²) in [5.41, 5.74) is 3.24. The van der Waals surface area contributed by atoms with Gasteiger partial charge in [0, 0.05) is 5.69 Å². The number of benzene rings is 1. The van der Waals surface area contributed by atoms with E-state index in [1.54, 1.807) is 0 Å². The van der Waals surface area contributed by atoms with Gasteiger partial charge in [0.05, 0.1) is 18.5 Å². The summed E-state index contributed by atoms with van der Waals surface area (Å²) in [6.07, 6.45) is 5.40. The smallest absolute Gasteiger partial charge is 0.234 e. The lowest BCUT2D eigenvalue weighted by Gasteiger charge is -2.19. The molecule has 1 aromatic rings. The molecule has 1 aliphatic heterocycles. The number of carbonyl (C=O) groups is 2. The summed E-state index contributed by atoms with van der Waals surface area (Å²) in [5, 5.41) is 3.26. The van der Waals surface area contributed by atoms with Gasteiger partial charge in [0.15, 0.2) is 0 Å². The summed E-state index contributed by atoms with van der Waals surface area (Å²) in [6.45, 7) is 4.30. The number of carbonyl (C=O) groups excluding carboxylic acids is 2. The Bertz CT molecular complexity index is 575. The Morgan fingerprint density at radius 3 is 2.10 bits per heavy atom. The van der Waals surface area contributed by atoms with E-state index in [9.17, 15) is 9.59 Å². The van der Waals surface area contributed by atoms with Gasteiger partial charge in [-0.05, 0) is 37.8 Å². The van der Waals surface area contributed by atoms with Gasteiger partial charge in [0.25, 0.3) is 0 Å². The number of rotatable bonds is 3. The van der Waals surface area contributed by atoms with Gasteiger partial charge in [-0.25, -0.2) is 0 Å². The summed E-state index contributed by atoms with van der Waals surface area (Å²) in [5.74, 6) is -0.370. The maximum atomic E-state index is 12.4. The molecule has 110 valence electrons. The Hall–Kier alpha value is -2.10. The lowest BCUT2D eigenvalue weighted by Crippen LogP contribution is -2.35. The van der Waals surface area contributed by atoms with E-state index in [1.165, 1.54) is 4.90 Å². The number of allylic oxidation sites excluding steroid dienone is 2. The number of hydrogen-bond acceptors (Lipinski definition) is 3. The van der Waals surface area contributed by atoms with Crippen LogP contribution >= 0.6 is 0 Å². The first-order chi connectivity index (χ1) is 10.1. The molecule has 0 saturated carbocycles. The topological polar surface area (TPSA) is 49.4 Å². The zero-order valence-corrected chi connectivity index (χ0v) is 12.4. The van der Waals surface area contributed by atoms with Crippen LogP contribution in [-0.2, 0) is 9.59 Å². The van der Waals surface area contributed by atoms with Crippen LogP contribution in [0.1, 0.15) is 24.0 Å². The monoisotopic (exact) mass is 284 g/mol. The zero-order valence-electron chi connectivity index (χ0n) is 12.4. The molecule has 1 N–H and O–H groups in total. The average Bonchev–Trinajstić information content (AvgIpc) is 2.72. The minimum Gasteiger partial charge on any atom is -0.367 e. The molecule has 2 atom stereocenters. The number of aryl methyl sites for hydroxylation is 2. The molecule has 2 amide bonds. The van der Waals surface area contributed by atoms with Crippen molar-refractivity contribution in [2.75, 3.05) is 12.0 Å². The number of anilines is 1. The van der Waals surface area contributed by atoms with Crippen LogP contribution in [0.2, 0.25) is 0 Å². The molecular formula is C17H20N2O2. The molecule has 3 rings (SSSR count). The fraction of sp³-hybridized carbons (Fsp3) is 0.412. The van der Waals surface area contributed by atoms with Crippen LogP contribution < -0.4 is 5.32 Å². The number of fused-ring (bicyclic) bond motifs is 1. The van der Waals surface area contributed by atoms with E-state index >= 15 is 0 Å². The van der Waals surface area contributed by atoms with Crippen molar-refractivity contribution in [1.82, 2.24) is 4.90 Å². The summed E-state index contributed by atoms with van der Waals surface area (Å²) in [7, 11) is 0. The fourth-order valence-electron chi connectivity index (χ4n) is 3.28. The molecule has 0 bridgehead atoms. The van der Waals surface area contributed by atoms with E-state index in [-0.39, 0.29) is 30.3 Å². The second kappa shape index (κ2) is 5.35. The van der Waals surface area contributed by atoms with Gasteiger partial charge in [-0.15, -0.1) is 0 Å². The molecule has 0 spiro atoms. The molecule has 1 heterocycles. The average molecular weight is 284 g/mol. The first-order valence-corrected chi connectivity index (χ1v) is 7.40. The zero-order chi connectivity index (χ0) is 15.0. The van der Waals surface area contributed by atoms with Crippen LogP contribution in [0.5, 0.6) is 0 Å². The third-order valence-corrected chi connectivity index (χ3v) is 4.49. The van der Waals surface area contributed by atoms with Crippen molar-refractivity contribution < 1.29 is 9.59 Å². The third kappa shape index (κ3) is 2.35. The summed E-state index contributed by atoms with van der Waals surface area (Å²) in [4.78, 5) is 26.1. The van der Waals surface area contributed by atoms with Gasteiger partial charge < -0.3 is 5.32 Å². The SMILES string of the molecule is Cc1cccc(C)c1NCN1C(=O)[C@H]2CC=CC[C@H]2C1=O. The number of nitrogens with zero attached hydrogens (tertiary/aromatic N) is 1. The normalized spacial score (nSPS) is 24.4. The van der Waals surface area contributed by atoms with Crippen molar-refractivity contribution in [3.63, 3.8) is 0 Å². The highest BCUT2D eigenvalue weighted by atomic mass is 16.2. The summed E-state index contributed by atoms with van der Waals surface area (Å²) < 4.78 is 0. The van der Waals surface area contributed by atoms with Gasteiger partial charge in [-0.1, -0.05) is 30.4 Å². The van der Waals surface area contributed by atoms with Crippen molar-refractivity contribution in [2.45, 2.75) is 26.7 Å². The van der Waals surface area contributed by atoms with Crippen LogP contribution in [0, 0.1) is 25.7 Å². The van der Waals surface area contributed by atoms with E-state index in [0.29, 0.717) is 12.8 Å². The predicted octanol–water partition coefficient (Wildman–Crippen LogP) is 2.62. The van der Waals surface area contributed by atoms with Gasteiger partial charge in [-0.3, -0.25) is 14.5 Å². The van der Waals surface area contributed by atoms with Crippen LogP contribution in [0.4, 0.5) is 5.69 Å². The molecule has 4 nitrogen and oxygen atoms in total. The highest BCUT2D eigenvalue weighted by Crippen LogP contribution is 2.35. The minimum atomic E-state index is -0.151. The summed E-state index contributed by atoms with van der Waals surface area (Å²) >= 11 is 0. The van der Waals surface area contributed by atoms with E-state index in [4.69, 9.17) is 0 Å². The Kier molecular flexibility index (Phi) is 3.53. The molecule has 1 saturated heterocycles. The molecule has 0 radical (unpaired) electrons. The maximum Gasteiger partial charge on any atom is 0.234 e. The van der Waals surface area contributed by atoms with Crippen LogP contribution in [0.15, 0.2) is 30.4 Å². The number of imide groups is 1. The Morgan fingerprint density at radius 1 is 1.05 bits per heavy atom. The maximum absolute atomic E-state index is 12.4. The summed E-state index contributed by atoms with van der Waals surface area (Å²) in [6, 6.07) is 6.04. The van der Waals surface area contributed by atoms with E-state index in [0.717, 1.165) is 16.8 Å². The van der Waals surface area contributed by atoms with Gasteiger partial charge in [0.1, 0.15) is 0 Å². The second-order valence-electron chi connectivity index (χ2n) is 5.86. The highest BCUT2D eigenvalue weighted by molar-refractivity contribution is 6.05. The molecular weight excluding hydrogens is 264 g/mol. The molecule has 1 fully saturated rings. The quantitative estimate of drug-likeness (QED) is 0.685. The Morgan fingerprint density at radius 2 is 1.57 bits per heavy atom. The number of para-hydroxylation sites is 1. The first kappa shape index (κ1) is 13.9. The Balaban J connectivity index is 1.74.